The van der Waals surface area contributed by atoms with Gasteiger partial charge in [-0.1, -0.05) is 0 Å². The van der Waals surface area contributed by atoms with Crippen LogP contribution in [0.4, 0.5) is 0 Å². The van der Waals surface area contributed by atoms with Crippen molar-refractivity contribution in [2.75, 3.05) is 0 Å². The Morgan fingerprint density at radius 3 is 3.00 bits per heavy atom. The van der Waals surface area contributed by atoms with E-state index >= 15 is 0 Å². The zero-order valence-corrected chi connectivity index (χ0v) is 8.40. The molecule has 2 aromatic rings. The van der Waals surface area contributed by atoms with E-state index in [-0.39, 0.29) is 5.56 Å². The number of pyridine rings is 2. The molecule has 0 spiro atoms. The van der Waals surface area contributed by atoms with Gasteiger partial charge in [-0.05, 0) is 18.5 Å². The third-order valence-corrected chi connectivity index (χ3v) is 2.38. The molecule has 0 unspecified atom stereocenters. The summed E-state index contributed by atoms with van der Waals surface area (Å²) >= 11 is 0. The van der Waals surface area contributed by atoms with Gasteiger partial charge in [-0.15, -0.1) is 0 Å². The van der Waals surface area contributed by atoms with Crippen molar-refractivity contribution in [2.24, 2.45) is 0 Å². The molecular weight excluding hydrogens is 191 g/mol. The number of hydrogen-bond donors (Lipinski definition) is 2. The molecule has 0 aliphatic heterocycles. The van der Waals surface area contributed by atoms with Gasteiger partial charge in [-0.2, -0.15) is 0 Å². The number of aliphatic hydroxyl groups is 1. The second kappa shape index (κ2) is 3.86. The molecular formula is C10H11BN2O2. The molecule has 5 heteroatoms. The Labute approximate surface area is 87.4 Å². The number of nitrogens with zero attached hydrogens (tertiary/aromatic N) is 1. The number of aromatic nitrogens is 2. The Bertz CT molecular complexity index is 538. The predicted molar refractivity (Wildman–Crippen MR) is 60.7 cm³/mol. The van der Waals surface area contributed by atoms with E-state index in [1.54, 1.807) is 18.3 Å². The van der Waals surface area contributed by atoms with E-state index in [1.165, 1.54) is 6.07 Å². The second-order valence-corrected chi connectivity index (χ2v) is 3.40. The first kappa shape index (κ1) is 9.92. The van der Waals surface area contributed by atoms with Crippen LogP contribution in [-0.2, 0) is 0 Å². The maximum absolute atomic E-state index is 11.1. The fourth-order valence-electron chi connectivity index (χ4n) is 1.57. The van der Waals surface area contributed by atoms with Crippen molar-refractivity contribution in [3.8, 4) is 0 Å². The van der Waals surface area contributed by atoms with Gasteiger partial charge in [0.2, 0.25) is 5.56 Å². The molecule has 0 aromatic carbocycles. The minimum Gasteiger partial charge on any atom is -0.388 e. The molecule has 15 heavy (non-hydrogen) atoms. The topological polar surface area (TPSA) is 66.0 Å². The van der Waals surface area contributed by atoms with Gasteiger partial charge >= 0.3 is 0 Å². The summed E-state index contributed by atoms with van der Waals surface area (Å²) in [7, 11) is 1.89. The van der Waals surface area contributed by atoms with Gasteiger partial charge < -0.3 is 10.1 Å². The van der Waals surface area contributed by atoms with E-state index < -0.39 is 6.10 Å². The van der Waals surface area contributed by atoms with Crippen LogP contribution in [-0.4, -0.2) is 22.9 Å². The van der Waals surface area contributed by atoms with E-state index in [0.29, 0.717) is 17.5 Å². The van der Waals surface area contributed by atoms with Gasteiger partial charge in [0.25, 0.3) is 0 Å². The van der Waals surface area contributed by atoms with E-state index in [1.807, 2.05) is 7.85 Å². The summed E-state index contributed by atoms with van der Waals surface area (Å²) in [5.41, 5.74) is 1.18. The first-order chi connectivity index (χ1) is 7.22. The molecule has 0 saturated carbocycles. The lowest BCUT2D eigenvalue weighted by atomic mass is 9.95. The number of aromatic amines is 1. The van der Waals surface area contributed by atoms with Gasteiger partial charge in [0.05, 0.1) is 17.3 Å². The SMILES string of the molecule is BC[C@H](O)c1nccc2[nH]c(=O)ccc12. The molecule has 76 valence electrons. The summed E-state index contributed by atoms with van der Waals surface area (Å²) in [5, 5.41) is 10.5. The fourth-order valence-corrected chi connectivity index (χ4v) is 1.57. The van der Waals surface area contributed by atoms with Crippen LogP contribution in [0.3, 0.4) is 0 Å². The zero-order valence-electron chi connectivity index (χ0n) is 8.40. The minimum atomic E-state index is -0.584. The van der Waals surface area contributed by atoms with Crippen molar-refractivity contribution in [2.45, 2.75) is 12.4 Å². The molecule has 2 heterocycles. The fraction of sp³-hybridized carbons (Fsp3) is 0.200. The molecule has 0 aliphatic carbocycles. The van der Waals surface area contributed by atoms with E-state index in [2.05, 4.69) is 9.97 Å². The number of rotatable bonds is 2. The Hall–Kier alpha value is -1.62. The highest BCUT2D eigenvalue weighted by Gasteiger charge is 2.10. The Balaban J connectivity index is 2.71. The van der Waals surface area contributed by atoms with Crippen molar-refractivity contribution < 1.29 is 5.11 Å². The number of nitrogens with one attached hydrogen (secondary N) is 1. The predicted octanol–water partition coefficient (Wildman–Crippen LogP) is 0.00790. The highest BCUT2D eigenvalue weighted by molar-refractivity contribution is 6.09. The number of H-pyrrole nitrogens is 1. The highest BCUT2D eigenvalue weighted by atomic mass is 16.3. The van der Waals surface area contributed by atoms with E-state index in [0.717, 1.165) is 5.39 Å². The molecule has 1 atom stereocenters. The summed E-state index contributed by atoms with van der Waals surface area (Å²) in [4.78, 5) is 17.9. The van der Waals surface area contributed by atoms with Crippen molar-refractivity contribution in [1.29, 1.82) is 0 Å². The quantitative estimate of drug-likeness (QED) is 0.674. The van der Waals surface area contributed by atoms with Crippen LogP contribution in [0.5, 0.6) is 0 Å². The highest BCUT2D eigenvalue weighted by Crippen LogP contribution is 2.21. The van der Waals surface area contributed by atoms with Crippen molar-refractivity contribution in [3.05, 3.63) is 40.4 Å². The lowest BCUT2D eigenvalue weighted by Gasteiger charge is -2.09. The van der Waals surface area contributed by atoms with E-state index in [9.17, 15) is 9.90 Å². The van der Waals surface area contributed by atoms with Gasteiger partial charge in [-0.25, -0.2) is 0 Å². The van der Waals surface area contributed by atoms with Crippen molar-refractivity contribution in [3.63, 3.8) is 0 Å². The lowest BCUT2D eigenvalue weighted by Crippen LogP contribution is -2.06. The molecule has 4 nitrogen and oxygen atoms in total. The number of fused-ring (bicyclic) bond motifs is 1. The smallest absolute Gasteiger partial charge is 0.248 e. The summed E-state index contributed by atoms with van der Waals surface area (Å²) in [5.74, 6) is 0. The molecule has 0 saturated heterocycles. The Morgan fingerprint density at radius 2 is 2.27 bits per heavy atom. The van der Waals surface area contributed by atoms with Crippen LogP contribution in [0.25, 0.3) is 10.9 Å². The average molecular weight is 202 g/mol. The summed E-state index contributed by atoms with van der Waals surface area (Å²) in [6, 6.07) is 4.86. The summed E-state index contributed by atoms with van der Waals surface area (Å²) < 4.78 is 0. The molecule has 2 aromatic heterocycles. The molecule has 0 fully saturated rings. The molecule has 2 N–H and O–H groups in total. The molecule has 0 bridgehead atoms. The zero-order chi connectivity index (χ0) is 10.8. The van der Waals surface area contributed by atoms with Crippen molar-refractivity contribution >= 4 is 18.7 Å². The minimum absolute atomic E-state index is 0.148. The number of aliphatic hydroxyl groups excluding tert-OH is 1. The first-order valence-corrected chi connectivity index (χ1v) is 4.88. The molecule has 2 rings (SSSR count). The maximum Gasteiger partial charge on any atom is 0.248 e. The monoisotopic (exact) mass is 202 g/mol. The van der Waals surface area contributed by atoms with Gasteiger partial charge in [-0.3, -0.25) is 9.78 Å². The standard InChI is InChI=1S/C10H11BN2O2/c11-5-8(14)10-6-1-2-9(15)13-7(6)3-4-12-10/h1-4,8,14H,5,11H2,(H,13,15)/t8-/m0/s1. The van der Waals surface area contributed by atoms with Crippen LogP contribution >= 0.6 is 0 Å². The summed E-state index contributed by atoms with van der Waals surface area (Å²) in [6.45, 7) is 0. The third-order valence-electron chi connectivity index (χ3n) is 2.38. The van der Waals surface area contributed by atoms with Crippen LogP contribution in [0.2, 0.25) is 6.32 Å². The van der Waals surface area contributed by atoms with Crippen LogP contribution in [0.15, 0.2) is 29.2 Å². The van der Waals surface area contributed by atoms with Crippen LogP contribution < -0.4 is 5.56 Å². The Morgan fingerprint density at radius 1 is 1.47 bits per heavy atom. The molecule has 0 amide bonds. The number of hydrogen-bond acceptors (Lipinski definition) is 3. The summed E-state index contributed by atoms with van der Waals surface area (Å²) in [6.07, 6.45) is 1.61. The lowest BCUT2D eigenvalue weighted by molar-refractivity contribution is 0.196. The van der Waals surface area contributed by atoms with Crippen LogP contribution in [0, 0.1) is 0 Å². The maximum atomic E-state index is 11.1. The largest absolute Gasteiger partial charge is 0.388 e. The van der Waals surface area contributed by atoms with Gasteiger partial charge in [0.1, 0.15) is 7.85 Å². The van der Waals surface area contributed by atoms with Gasteiger partial charge in [0.15, 0.2) is 0 Å². The third kappa shape index (κ3) is 1.78. The second-order valence-electron chi connectivity index (χ2n) is 3.40. The van der Waals surface area contributed by atoms with Gasteiger partial charge in [0, 0.05) is 17.6 Å². The molecule has 0 radical (unpaired) electrons. The Kier molecular flexibility index (Phi) is 2.56. The average Bonchev–Trinajstić information content (AvgIpc) is 2.26. The normalized spacial score (nSPS) is 12.9. The van der Waals surface area contributed by atoms with Crippen LogP contribution in [0.1, 0.15) is 11.8 Å². The first-order valence-electron chi connectivity index (χ1n) is 4.88. The van der Waals surface area contributed by atoms with E-state index in [4.69, 9.17) is 0 Å². The molecule has 0 aliphatic rings. The van der Waals surface area contributed by atoms with Crippen molar-refractivity contribution in [1.82, 2.24) is 9.97 Å².